The number of rotatable bonds is 7. The number of nitrogens with zero attached hydrogens (tertiary/aromatic N) is 1. The molecule has 27 heavy (non-hydrogen) atoms. The first kappa shape index (κ1) is 19.4. The van der Waals surface area contributed by atoms with Crippen molar-refractivity contribution in [2.24, 2.45) is 0 Å². The molecule has 1 heterocycles. The molecular weight excluding hydrogens is 343 g/mol. The summed E-state index contributed by atoms with van der Waals surface area (Å²) in [5.74, 6) is -0.641. The molecule has 1 aliphatic heterocycles. The van der Waals surface area contributed by atoms with E-state index in [1.807, 2.05) is 18.2 Å². The highest BCUT2D eigenvalue weighted by molar-refractivity contribution is 5.77. The topological polar surface area (TPSA) is 41.6 Å². The molecule has 1 aliphatic rings. The van der Waals surface area contributed by atoms with Crippen LogP contribution in [-0.2, 0) is 17.9 Å². The molecule has 1 N–H and O–H groups in total. The van der Waals surface area contributed by atoms with Crippen LogP contribution in [-0.4, -0.2) is 30.0 Å². The number of carbonyl (C=O) groups excluding carboxylic acids is 1. The van der Waals surface area contributed by atoms with E-state index < -0.39 is 5.82 Å². The third kappa shape index (κ3) is 5.54. The van der Waals surface area contributed by atoms with Gasteiger partial charge in [-0.05, 0) is 49.6 Å². The second kappa shape index (κ2) is 9.51. The number of likely N-dealkylation sites (tertiary alicyclic amines) is 1. The fraction of sp³-hybridized carbons (Fsp3) is 0.409. The summed E-state index contributed by atoms with van der Waals surface area (Å²) < 4.78 is 18.8. The van der Waals surface area contributed by atoms with Crippen LogP contribution in [0.3, 0.4) is 0 Å². The first-order chi connectivity index (χ1) is 13.1. The Morgan fingerprint density at radius 3 is 2.67 bits per heavy atom. The SMILES string of the molecule is CC1CCCCN1Cc1ccccc1CNC(=O)COc1ccccc1F. The molecule has 1 saturated heterocycles. The molecule has 2 aromatic carbocycles. The third-order valence-corrected chi connectivity index (χ3v) is 5.10. The Balaban J connectivity index is 1.53. The number of hydrogen-bond donors (Lipinski definition) is 1. The highest BCUT2D eigenvalue weighted by Crippen LogP contribution is 2.21. The summed E-state index contributed by atoms with van der Waals surface area (Å²) in [5, 5.41) is 2.87. The van der Waals surface area contributed by atoms with Gasteiger partial charge in [0.15, 0.2) is 18.2 Å². The molecule has 3 rings (SSSR count). The van der Waals surface area contributed by atoms with Crippen LogP contribution in [0.2, 0.25) is 0 Å². The fourth-order valence-corrected chi connectivity index (χ4v) is 3.45. The summed E-state index contributed by atoms with van der Waals surface area (Å²) in [6.45, 7) is 4.55. The molecule has 1 unspecified atom stereocenters. The molecular formula is C22H27FN2O2. The molecule has 0 saturated carbocycles. The van der Waals surface area contributed by atoms with Crippen molar-refractivity contribution >= 4 is 5.91 Å². The monoisotopic (exact) mass is 370 g/mol. The van der Waals surface area contributed by atoms with Crippen molar-refractivity contribution in [2.45, 2.75) is 45.3 Å². The smallest absolute Gasteiger partial charge is 0.258 e. The minimum Gasteiger partial charge on any atom is -0.481 e. The number of nitrogens with one attached hydrogen (secondary N) is 1. The summed E-state index contributed by atoms with van der Waals surface area (Å²) in [7, 11) is 0. The molecule has 1 atom stereocenters. The second-order valence-electron chi connectivity index (χ2n) is 7.08. The molecule has 5 heteroatoms. The number of ether oxygens (including phenoxy) is 1. The first-order valence-electron chi connectivity index (χ1n) is 9.58. The average molecular weight is 370 g/mol. The quantitative estimate of drug-likeness (QED) is 0.804. The summed E-state index contributed by atoms with van der Waals surface area (Å²) >= 11 is 0. The van der Waals surface area contributed by atoms with Crippen molar-refractivity contribution in [1.29, 1.82) is 0 Å². The maximum atomic E-state index is 13.5. The summed E-state index contributed by atoms with van der Waals surface area (Å²) in [6.07, 6.45) is 3.79. The number of carbonyl (C=O) groups is 1. The number of piperidine rings is 1. The zero-order chi connectivity index (χ0) is 19.1. The van der Waals surface area contributed by atoms with E-state index in [1.54, 1.807) is 12.1 Å². The molecule has 0 spiro atoms. The average Bonchev–Trinajstić information content (AvgIpc) is 2.68. The molecule has 0 aliphatic carbocycles. The van der Waals surface area contributed by atoms with Gasteiger partial charge >= 0.3 is 0 Å². The van der Waals surface area contributed by atoms with Crippen LogP contribution in [0.25, 0.3) is 0 Å². The molecule has 2 aromatic rings. The van der Waals surface area contributed by atoms with E-state index in [0.29, 0.717) is 12.6 Å². The lowest BCUT2D eigenvalue weighted by atomic mass is 10.0. The van der Waals surface area contributed by atoms with Gasteiger partial charge in [-0.25, -0.2) is 4.39 Å². The Kier molecular flexibility index (Phi) is 6.82. The Morgan fingerprint density at radius 2 is 1.89 bits per heavy atom. The summed E-state index contributed by atoms with van der Waals surface area (Å²) in [5.41, 5.74) is 2.34. The van der Waals surface area contributed by atoms with Gasteiger partial charge in [-0.1, -0.05) is 42.8 Å². The van der Waals surface area contributed by atoms with E-state index in [9.17, 15) is 9.18 Å². The fourth-order valence-electron chi connectivity index (χ4n) is 3.45. The molecule has 144 valence electrons. The second-order valence-corrected chi connectivity index (χ2v) is 7.08. The minimum absolute atomic E-state index is 0.0899. The largest absolute Gasteiger partial charge is 0.481 e. The molecule has 1 amide bonds. The van der Waals surface area contributed by atoms with E-state index in [1.165, 1.54) is 37.0 Å². The normalized spacial score (nSPS) is 17.5. The van der Waals surface area contributed by atoms with Gasteiger partial charge in [0.1, 0.15) is 0 Å². The van der Waals surface area contributed by atoms with Crippen LogP contribution in [0.1, 0.15) is 37.3 Å². The van der Waals surface area contributed by atoms with Crippen molar-refractivity contribution in [3.63, 3.8) is 0 Å². The zero-order valence-electron chi connectivity index (χ0n) is 15.8. The van der Waals surface area contributed by atoms with E-state index >= 15 is 0 Å². The van der Waals surface area contributed by atoms with E-state index in [-0.39, 0.29) is 18.3 Å². The van der Waals surface area contributed by atoms with Gasteiger partial charge in [0.05, 0.1) is 0 Å². The van der Waals surface area contributed by atoms with Gasteiger partial charge in [-0.2, -0.15) is 0 Å². The van der Waals surface area contributed by atoms with Crippen LogP contribution in [0.15, 0.2) is 48.5 Å². The lowest BCUT2D eigenvalue weighted by Gasteiger charge is -2.33. The predicted molar refractivity (Wildman–Crippen MR) is 104 cm³/mol. The van der Waals surface area contributed by atoms with Gasteiger partial charge in [0.2, 0.25) is 0 Å². The van der Waals surface area contributed by atoms with Crippen molar-refractivity contribution in [3.8, 4) is 5.75 Å². The summed E-state index contributed by atoms with van der Waals surface area (Å²) in [4.78, 5) is 14.6. The lowest BCUT2D eigenvalue weighted by molar-refractivity contribution is -0.123. The van der Waals surface area contributed by atoms with Crippen molar-refractivity contribution in [1.82, 2.24) is 10.2 Å². The maximum absolute atomic E-state index is 13.5. The van der Waals surface area contributed by atoms with Gasteiger partial charge in [-0.15, -0.1) is 0 Å². The van der Waals surface area contributed by atoms with Crippen LogP contribution in [0.5, 0.6) is 5.75 Å². The van der Waals surface area contributed by atoms with Crippen molar-refractivity contribution in [3.05, 3.63) is 65.5 Å². The first-order valence-corrected chi connectivity index (χ1v) is 9.58. The molecule has 1 fully saturated rings. The zero-order valence-corrected chi connectivity index (χ0v) is 15.8. The van der Waals surface area contributed by atoms with Crippen LogP contribution >= 0.6 is 0 Å². The van der Waals surface area contributed by atoms with Crippen LogP contribution < -0.4 is 10.1 Å². The molecule has 0 aromatic heterocycles. The minimum atomic E-state index is -0.466. The van der Waals surface area contributed by atoms with E-state index in [2.05, 4.69) is 23.2 Å². The highest BCUT2D eigenvalue weighted by atomic mass is 19.1. The molecule has 0 radical (unpaired) electrons. The van der Waals surface area contributed by atoms with Crippen LogP contribution in [0.4, 0.5) is 4.39 Å². The number of para-hydroxylation sites is 1. The summed E-state index contributed by atoms with van der Waals surface area (Å²) in [6, 6.07) is 14.9. The van der Waals surface area contributed by atoms with E-state index in [0.717, 1.165) is 18.7 Å². The van der Waals surface area contributed by atoms with Crippen LogP contribution in [0, 0.1) is 5.82 Å². The third-order valence-electron chi connectivity index (χ3n) is 5.10. The van der Waals surface area contributed by atoms with Gasteiger partial charge in [0, 0.05) is 19.1 Å². The molecule has 0 bridgehead atoms. The van der Waals surface area contributed by atoms with Crippen molar-refractivity contribution < 1.29 is 13.9 Å². The molecule has 4 nitrogen and oxygen atoms in total. The van der Waals surface area contributed by atoms with E-state index in [4.69, 9.17) is 4.74 Å². The Hall–Kier alpha value is -2.40. The highest BCUT2D eigenvalue weighted by Gasteiger charge is 2.19. The number of hydrogen-bond acceptors (Lipinski definition) is 3. The van der Waals surface area contributed by atoms with Gasteiger partial charge < -0.3 is 10.1 Å². The number of benzene rings is 2. The van der Waals surface area contributed by atoms with Crippen molar-refractivity contribution in [2.75, 3.05) is 13.2 Å². The number of amides is 1. The maximum Gasteiger partial charge on any atom is 0.258 e. The Labute approximate surface area is 160 Å². The Morgan fingerprint density at radius 1 is 1.15 bits per heavy atom. The number of halogens is 1. The Bertz CT molecular complexity index is 765. The lowest BCUT2D eigenvalue weighted by Crippen LogP contribution is -2.37. The van der Waals surface area contributed by atoms with Gasteiger partial charge in [0.25, 0.3) is 5.91 Å². The van der Waals surface area contributed by atoms with Gasteiger partial charge in [-0.3, -0.25) is 9.69 Å². The standard InChI is InChI=1S/C22H27FN2O2/c1-17-8-6-7-13-25(17)15-19-10-3-2-9-18(19)14-24-22(26)16-27-21-12-5-4-11-20(21)23/h2-5,9-12,17H,6-8,13-16H2,1H3,(H,24,26). The predicted octanol–water partition coefficient (Wildman–Crippen LogP) is 3.90.